The minimum absolute atomic E-state index is 0.105. The lowest BCUT2D eigenvalue weighted by Crippen LogP contribution is -2.52. The number of benzene rings is 2. The summed E-state index contributed by atoms with van der Waals surface area (Å²) in [6.07, 6.45) is -7.63. The molecule has 2 aliphatic heterocycles. The van der Waals surface area contributed by atoms with Crippen molar-refractivity contribution in [1.29, 1.82) is 0 Å². The second-order valence-electron chi connectivity index (χ2n) is 10.0. The Morgan fingerprint density at radius 1 is 1.15 bits per heavy atom. The molecule has 0 radical (unpaired) electrons. The van der Waals surface area contributed by atoms with E-state index in [-0.39, 0.29) is 30.5 Å². The molecule has 3 aliphatic rings. The largest absolute Gasteiger partial charge is 0.453 e. The zero-order chi connectivity index (χ0) is 29.0. The summed E-state index contributed by atoms with van der Waals surface area (Å²) in [5, 5.41) is 16.0. The molecule has 1 spiro atoms. The van der Waals surface area contributed by atoms with Crippen LogP contribution in [0.5, 0.6) is 0 Å². The monoisotopic (exact) mass is 568 g/mol. The molecule has 0 bridgehead atoms. The second-order valence-corrected chi connectivity index (χ2v) is 10.0. The number of carbonyl (C=O) groups excluding carboxylic acids is 3. The molecule has 14 heteroatoms. The molecule has 5 rings (SSSR count). The van der Waals surface area contributed by atoms with Crippen LogP contribution in [0.4, 0.5) is 37.2 Å². The Hall–Kier alpha value is -3.94. The van der Waals surface area contributed by atoms with Crippen LogP contribution in [-0.4, -0.2) is 65.0 Å². The highest BCUT2D eigenvalue weighted by molar-refractivity contribution is 5.87. The second kappa shape index (κ2) is 9.91. The molecular weight excluding hydrogens is 543 g/mol. The number of carbonyl (C=O) groups is 3. The number of methoxy groups -OCH3 is 1. The normalized spacial score (nSPS) is 23.9. The molecule has 1 aliphatic carbocycles. The number of rotatable bonds is 3. The standard InChI is InChI=1S/C26H25F5N4O5/c1-40-24(39)32-19-9-14-6-7-25(17(14)10-18(19)28)22(37)35(23(38)33-25)12-21(36)34-11-15-2-4-16(27)8-13(15)3-5-20(34)26(29,30)31/h2,4,8-10,20,22,37H,3,5-7,11-12H2,1H3,(H,32,39)(H,33,38)/t20-,22?,25?/m0/s1. The third kappa shape index (κ3) is 4.69. The van der Waals surface area contributed by atoms with Crippen LogP contribution in [-0.2, 0) is 34.5 Å². The number of hydrogen-bond donors (Lipinski definition) is 3. The lowest BCUT2D eigenvalue weighted by molar-refractivity contribution is -0.192. The number of nitrogens with zero attached hydrogens (tertiary/aromatic N) is 2. The maximum absolute atomic E-state index is 14.8. The van der Waals surface area contributed by atoms with Gasteiger partial charge in [-0.1, -0.05) is 6.07 Å². The average molecular weight is 568 g/mol. The van der Waals surface area contributed by atoms with Gasteiger partial charge < -0.3 is 20.1 Å². The Kier molecular flexibility index (Phi) is 6.84. The van der Waals surface area contributed by atoms with Crippen LogP contribution in [0.1, 0.15) is 35.1 Å². The number of alkyl halides is 3. The maximum atomic E-state index is 14.8. The molecular formula is C26H25F5N4O5. The van der Waals surface area contributed by atoms with Crippen LogP contribution >= 0.6 is 0 Å². The Morgan fingerprint density at radius 2 is 1.90 bits per heavy atom. The van der Waals surface area contributed by atoms with Gasteiger partial charge in [0.2, 0.25) is 5.91 Å². The maximum Gasteiger partial charge on any atom is 0.411 e. The molecule has 3 atom stereocenters. The number of aryl methyl sites for hydroxylation is 2. The summed E-state index contributed by atoms with van der Waals surface area (Å²) in [5.41, 5.74) is -0.269. The smallest absolute Gasteiger partial charge is 0.411 e. The fraction of sp³-hybridized carbons (Fsp3) is 0.423. The summed E-state index contributed by atoms with van der Waals surface area (Å²) < 4.78 is 75.0. The minimum atomic E-state index is -4.79. The number of hydrogen-bond acceptors (Lipinski definition) is 5. The minimum Gasteiger partial charge on any atom is -0.453 e. The van der Waals surface area contributed by atoms with Gasteiger partial charge >= 0.3 is 18.3 Å². The number of aliphatic hydroxyl groups excluding tert-OH is 1. The van der Waals surface area contributed by atoms with E-state index in [4.69, 9.17) is 0 Å². The number of amides is 4. The van der Waals surface area contributed by atoms with E-state index in [0.29, 0.717) is 21.6 Å². The van der Waals surface area contributed by atoms with Crippen molar-refractivity contribution in [3.05, 3.63) is 64.2 Å². The molecule has 2 aromatic rings. The molecule has 214 valence electrons. The first-order chi connectivity index (χ1) is 18.8. The molecule has 4 amide bonds. The van der Waals surface area contributed by atoms with Crippen molar-refractivity contribution in [2.45, 2.75) is 56.2 Å². The van der Waals surface area contributed by atoms with Crippen LogP contribution in [0.25, 0.3) is 0 Å². The molecule has 2 unspecified atom stereocenters. The third-order valence-corrected chi connectivity index (χ3v) is 7.79. The predicted molar refractivity (Wildman–Crippen MR) is 129 cm³/mol. The molecule has 40 heavy (non-hydrogen) atoms. The molecule has 9 nitrogen and oxygen atoms in total. The Bertz CT molecular complexity index is 1390. The fourth-order valence-corrected chi connectivity index (χ4v) is 5.79. The highest BCUT2D eigenvalue weighted by atomic mass is 19.4. The number of urea groups is 1. The molecule has 1 fully saturated rings. The van der Waals surface area contributed by atoms with E-state index >= 15 is 0 Å². The first kappa shape index (κ1) is 27.6. The zero-order valence-corrected chi connectivity index (χ0v) is 21.1. The molecule has 2 aromatic carbocycles. The fourth-order valence-electron chi connectivity index (χ4n) is 5.79. The van der Waals surface area contributed by atoms with Crippen LogP contribution in [0.3, 0.4) is 0 Å². The van der Waals surface area contributed by atoms with Gasteiger partial charge in [-0.3, -0.25) is 15.0 Å². The van der Waals surface area contributed by atoms with Crippen molar-refractivity contribution < 1.29 is 46.2 Å². The Labute approximate surface area is 224 Å². The van der Waals surface area contributed by atoms with Gasteiger partial charge in [0, 0.05) is 6.54 Å². The Morgan fingerprint density at radius 3 is 2.60 bits per heavy atom. The van der Waals surface area contributed by atoms with Gasteiger partial charge in [0.05, 0.1) is 12.8 Å². The van der Waals surface area contributed by atoms with Gasteiger partial charge in [-0.15, -0.1) is 0 Å². The van der Waals surface area contributed by atoms with Crippen LogP contribution in [0.2, 0.25) is 0 Å². The summed E-state index contributed by atoms with van der Waals surface area (Å²) >= 11 is 0. The summed E-state index contributed by atoms with van der Waals surface area (Å²) in [6.45, 7) is -1.34. The number of nitrogens with one attached hydrogen (secondary N) is 2. The molecule has 3 N–H and O–H groups in total. The van der Waals surface area contributed by atoms with Crippen molar-refractivity contribution in [1.82, 2.24) is 15.1 Å². The van der Waals surface area contributed by atoms with Crippen molar-refractivity contribution in [2.24, 2.45) is 0 Å². The van der Waals surface area contributed by atoms with Gasteiger partial charge in [0.15, 0.2) is 6.23 Å². The van der Waals surface area contributed by atoms with E-state index in [1.807, 2.05) is 0 Å². The number of fused-ring (bicyclic) bond motifs is 3. The average Bonchev–Trinajstić information content (AvgIpc) is 3.25. The van der Waals surface area contributed by atoms with Crippen molar-refractivity contribution in [3.63, 3.8) is 0 Å². The number of aliphatic hydroxyl groups is 1. The number of ether oxygens (including phenoxy) is 1. The van der Waals surface area contributed by atoms with E-state index in [0.717, 1.165) is 30.2 Å². The van der Waals surface area contributed by atoms with Crippen LogP contribution in [0, 0.1) is 11.6 Å². The van der Waals surface area contributed by atoms with Gasteiger partial charge in [-0.05, 0) is 72.2 Å². The highest BCUT2D eigenvalue weighted by Gasteiger charge is 2.56. The summed E-state index contributed by atoms with van der Waals surface area (Å²) in [4.78, 5) is 39.1. The first-order valence-electron chi connectivity index (χ1n) is 12.4. The SMILES string of the molecule is COC(=O)Nc1cc2c(cc1F)C1(CC2)NC(=O)N(CC(=O)N2Cc3ccc(F)cc3CC[C@H]2C(F)(F)F)C1O. The van der Waals surface area contributed by atoms with E-state index in [1.165, 1.54) is 12.1 Å². The van der Waals surface area contributed by atoms with Gasteiger partial charge in [-0.2, -0.15) is 13.2 Å². The predicted octanol–water partition coefficient (Wildman–Crippen LogP) is 3.53. The Balaban J connectivity index is 1.41. The van der Waals surface area contributed by atoms with Crippen molar-refractivity contribution in [2.75, 3.05) is 19.0 Å². The van der Waals surface area contributed by atoms with Crippen LogP contribution < -0.4 is 10.6 Å². The number of anilines is 1. The summed E-state index contributed by atoms with van der Waals surface area (Å²) in [6, 6.07) is 2.85. The number of halogens is 5. The van der Waals surface area contributed by atoms with Gasteiger partial charge in [0.25, 0.3) is 0 Å². The first-order valence-corrected chi connectivity index (χ1v) is 12.4. The molecule has 2 heterocycles. The lowest BCUT2D eigenvalue weighted by Gasteiger charge is -2.34. The molecule has 0 saturated carbocycles. The van der Waals surface area contributed by atoms with Crippen molar-refractivity contribution >= 4 is 23.7 Å². The third-order valence-electron chi connectivity index (χ3n) is 7.79. The summed E-state index contributed by atoms with van der Waals surface area (Å²) in [5.74, 6) is -2.53. The molecule has 1 saturated heterocycles. The quantitative estimate of drug-likeness (QED) is 0.491. The van der Waals surface area contributed by atoms with Gasteiger partial charge in [0.1, 0.15) is 29.8 Å². The molecule has 0 aromatic heterocycles. The van der Waals surface area contributed by atoms with Crippen molar-refractivity contribution in [3.8, 4) is 0 Å². The topological polar surface area (TPSA) is 111 Å². The lowest BCUT2D eigenvalue weighted by atomic mass is 9.90. The van der Waals surface area contributed by atoms with E-state index in [9.17, 15) is 41.4 Å². The highest BCUT2D eigenvalue weighted by Crippen LogP contribution is 2.45. The van der Waals surface area contributed by atoms with E-state index in [2.05, 4.69) is 15.4 Å². The van der Waals surface area contributed by atoms with E-state index in [1.54, 1.807) is 0 Å². The summed E-state index contributed by atoms with van der Waals surface area (Å²) in [7, 11) is 1.11. The van der Waals surface area contributed by atoms with Gasteiger partial charge in [-0.25, -0.2) is 18.4 Å². The van der Waals surface area contributed by atoms with E-state index < -0.39 is 73.2 Å². The van der Waals surface area contributed by atoms with Crippen LogP contribution in [0.15, 0.2) is 30.3 Å². The zero-order valence-electron chi connectivity index (χ0n) is 21.1.